The highest BCUT2D eigenvalue weighted by Gasteiger charge is 2.11. The summed E-state index contributed by atoms with van der Waals surface area (Å²) in [5.41, 5.74) is 0.831. The highest BCUT2D eigenvalue weighted by atomic mass is 32.2. The van der Waals surface area contributed by atoms with Crippen molar-refractivity contribution in [2.75, 3.05) is 38.6 Å². The van der Waals surface area contributed by atoms with Gasteiger partial charge in [-0.1, -0.05) is 43.7 Å². The summed E-state index contributed by atoms with van der Waals surface area (Å²) in [6, 6.07) is 9.29. The third-order valence-corrected chi connectivity index (χ3v) is 5.54. The Kier molecular flexibility index (Phi) is 12.6. The van der Waals surface area contributed by atoms with Crippen molar-refractivity contribution in [1.82, 2.24) is 10.6 Å². The SMILES string of the molecule is CCCCOCCCNC(=NCCCS(=O)(=O)Cc1ccccc1)NCC. The van der Waals surface area contributed by atoms with E-state index in [1.807, 2.05) is 37.3 Å². The quantitative estimate of drug-likeness (QED) is 0.287. The molecule has 0 atom stereocenters. The molecular formula is C20H35N3O3S. The van der Waals surface area contributed by atoms with Gasteiger partial charge in [0, 0.05) is 32.8 Å². The van der Waals surface area contributed by atoms with Crippen LogP contribution in [0.2, 0.25) is 0 Å². The Morgan fingerprint density at radius 3 is 2.48 bits per heavy atom. The molecule has 0 aliphatic carbocycles. The molecule has 0 amide bonds. The van der Waals surface area contributed by atoms with E-state index in [2.05, 4.69) is 22.5 Å². The van der Waals surface area contributed by atoms with Crippen LogP contribution >= 0.6 is 0 Å². The first-order valence-electron chi connectivity index (χ1n) is 9.91. The first kappa shape index (κ1) is 23.4. The lowest BCUT2D eigenvalue weighted by Crippen LogP contribution is -2.38. The molecule has 1 aromatic rings. The first-order chi connectivity index (χ1) is 13.1. The van der Waals surface area contributed by atoms with E-state index >= 15 is 0 Å². The Bertz CT molecular complexity index is 619. The molecule has 0 saturated heterocycles. The summed E-state index contributed by atoms with van der Waals surface area (Å²) in [4.78, 5) is 4.46. The zero-order chi connectivity index (χ0) is 19.8. The van der Waals surface area contributed by atoms with Gasteiger partial charge < -0.3 is 15.4 Å². The van der Waals surface area contributed by atoms with Gasteiger partial charge in [0.1, 0.15) is 0 Å². The largest absolute Gasteiger partial charge is 0.381 e. The second-order valence-corrected chi connectivity index (χ2v) is 8.62. The van der Waals surface area contributed by atoms with Gasteiger partial charge in [0.2, 0.25) is 0 Å². The maximum absolute atomic E-state index is 12.2. The Balaban J connectivity index is 2.27. The molecule has 6 nitrogen and oxygen atoms in total. The topological polar surface area (TPSA) is 79.8 Å². The minimum Gasteiger partial charge on any atom is -0.381 e. The number of benzene rings is 1. The molecule has 0 aromatic heterocycles. The number of hydrogen-bond acceptors (Lipinski definition) is 4. The van der Waals surface area contributed by atoms with Crippen LogP contribution in [0.3, 0.4) is 0 Å². The molecule has 27 heavy (non-hydrogen) atoms. The van der Waals surface area contributed by atoms with Crippen LogP contribution in [0.1, 0.15) is 45.1 Å². The van der Waals surface area contributed by atoms with Crippen LogP contribution in [0.5, 0.6) is 0 Å². The van der Waals surface area contributed by atoms with Crippen LogP contribution in [-0.2, 0) is 20.3 Å². The van der Waals surface area contributed by atoms with Crippen LogP contribution < -0.4 is 10.6 Å². The maximum Gasteiger partial charge on any atom is 0.191 e. The molecular weight excluding hydrogens is 362 g/mol. The standard InChI is InChI=1S/C20H35N3O3S/c1-3-5-15-26-16-9-13-22-20(21-4-2)23-14-10-17-27(24,25)18-19-11-7-6-8-12-19/h6-8,11-12H,3-5,9-10,13-18H2,1-2H3,(H2,21,22,23). The maximum atomic E-state index is 12.2. The van der Waals surface area contributed by atoms with Crippen molar-refractivity contribution in [3.05, 3.63) is 35.9 Å². The number of sulfone groups is 1. The minimum absolute atomic E-state index is 0.0912. The fourth-order valence-electron chi connectivity index (χ4n) is 2.45. The second kappa shape index (κ2) is 14.5. The fraction of sp³-hybridized carbons (Fsp3) is 0.650. The van der Waals surface area contributed by atoms with Crippen LogP contribution in [0.15, 0.2) is 35.3 Å². The first-order valence-corrected chi connectivity index (χ1v) is 11.7. The summed E-state index contributed by atoms with van der Waals surface area (Å²) in [6.45, 7) is 7.75. The van der Waals surface area contributed by atoms with Crippen molar-refractivity contribution in [1.29, 1.82) is 0 Å². The number of unbranched alkanes of at least 4 members (excludes halogenated alkanes) is 1. The average Bonchev–Trinajstić information content (AvgIpc) is 2.64. The Labute approximate surface area is 164 Å². The van der Waals surface area contributed by atoms with Crippen LogP contribution in [-0.4, -0.2) is 53.0 Å². The van der Waals surface area contributed by atoms with Crippen LogP contribution in [0, 0.1) is 0 Å². The third-order valence-electron chi connectivity index (χ3n) is 3.86. The zero-order valence-electron chi connectivity index (χ0n) is 16.7. The van der Waals surface area contributed by atoms with Crippen molar-refractivity contribution < 1.29 is 13.2 Å². The van der Waals surface area contributed by atoms with Crippen molar-refractivity contribution in [3.8, 4) is 0 Å². The molecule has 1 aromatic carbocycles. The predicted molar refractivity (Wildman–Crippen MR) is 113 cm³/mol. The highest BCUT2D eigenvalue weighted by molar-refractivity contribution is 7.90. The van der Waals surface area contributed by atoms with E-state index in [9.17, 15) is 8.42 Å². The monoisotopic (exact) mass is 397 g/mol. The third kappa shape index (κ3) is 12.4. The number of hydrogen-bond donors (Lipinski definition) is 2. The van der Waals surface area contributed by atoms with Gasteiger partial charge in [0.25, 0.3) is 0 Å². The average molecular weight is 398 g/mol. The summed E-state index contributed by atoms with van der Waals surface area (Å²) in [5.74, 6) is 0.968. The molecule has 0 radical (unpaired) electrons. The van der Waals surface area contributed by atoms with Gasteiger partial charge in [-0.15, -0.1) is 0 Å². The Morgan fingerprint density at radius 1 is 1.04 bits per heavy atom. The second-order valence-electron chi connectivity index (χ2n) is 6.44. The number of ether oxygens (including phenoxy) is 1. The Morgan fingerprint density at radius 2 is 1.78 bits per heavy atom. The number of rotatable bonds is 14. The lowest BCUT2D eigenvalue weighted by atomic mass is 10.2. The van der Waals surface area contributed by atoms with Gasteiger partial charge in [-0.3, -0.25) is 4.99 Å². The van der Waals surface area contributed by atoms with E-state index in [1.54, 1.807) is 0 Å². The molecule has 0 heterocycles. The van der Waals surface area contributed by atoms with Gasteiger partial charge >= 0.3 is 0 Å². The van der Waals surface area contributed by atoms with Gasteiger partial charge in [-0.25, -0.2) is 8.42 Å². The minimum atomic E-state index is -3.10. The number of guanidine groups is 1. The van der Waals surface area contributed by atoms with Crippen molar-refractivity contribution >= 4 is 15.8 Å². The molecule has 2 N–H and O–H groups in total. The molecule has 0 unspecified atom stereocenters. The molecule has 0 fully saturated rings. The zero-order valence-corrected chi connectivity index (χ0v) is 17.6. The molecule has 0 aliphatic rings. The molecule has 7 heteroatoms. The number of nitrogens with one attached hydrogen (secondary N) is 2. The molecule has 0 aliphatic heterocycles. The summed E-state index contributed by atoms with van der Waals surface area (Å²) in [5, 5.41) is 6.44. The lowest BCUT2D eigenvalue weighted by molar-refractivity contribution is 0.129. The number of nitrogens with zero attached hydrogens (tertiary/aromatic N) is 1. The molecule has 0 saturated carbocycles. The van der Waals surface area contributed by atoms with Gasteiger partial charge in [-0.05, 0) is 31.7 Å². The normalized spacial score (nSPS) is 12.1. The Hall–Kier alpha value is -1.60. The molecule has 154 valence electrons. The van der Waals surface area contributed by atoms with E-state index < -0.39 is 9.84 Å². The smallest absolute Gasteiger partial charge is 0.191 e. The molecule has 0 bridgehead atoms. The van der Waals surface area contributed by atoms with E-state index in [0.29, 0.717) is 13.0 Å². The van der Waals surface area contributed by atoms with Crippen molar-refractivity contribution in [3.63, 3.8) is 0 Å². The molecule has 0 spiro atoms. The van der Waals surface area contributed by atoms with E-state index in [4.69, 9.17) is 4.74 Å². The van der Waals surface area contributed by atoms with Crippen LogP contribution in [0.25, 0.3) is 0 Å². The molecule has 1 rings (SSSR count). The van der Waals surface area contributed by atoms with Gasteiger partial charge in [0.15, 0.2) is 15.8 Å². The summed E-state index contributed by atoms with van der Waals surface area (Å²) in [7, 11) is -3.10. The van der Waals surface area contributed by atoms with E-state index in [1.165, 1.54) is 0 Å². The summed E-state index contributed by atoms with van der Waals surface area (Å²) >= 11 is 0. The summed E-state index contributed by atoms with van der Waals surface area (Å²) in [6.07, 6.45) is 3.69. The van der Waals surface area contributed by atoms with Crippen molar-refractivity contribution in [2.24, 2.45) is 4.99 Å². The predicted octanol–water partition coefficient (Wildman–Crippen LogP) is 2.75. The fourth-order valence-corrected chi connectivity index (χ4v) is 3.86. The van der Waals surface area contributed by atoms with Gasteiger partial charge in [-0.2, -0.15) is 0 Å². The van der Waals surface area contributed by atoms with Crippen molar-refractivity contribution in [2.45, 2.75) is 45.3 Å². The summed E-state index contributed by atoms with van der Waals surface area (Å²) < 4.78 is 29.9. The van der Waals surface area contributed by atoms with E-state index in [0.717, 1.165) is 57.1 Å². The highest BCUT2D eigenvalue weighted by Crippen LogP contribution is 2.07. The lowest BCUT2D eigenvalue weighted by Gasteiger charge is -2.11. The number of aliphatic imine (C=N–C) groups is 1. The van der Waals surface area contributed by atoms with Gasteiger partial charge in [0.05, 0.1) is 11.5 Å². The van der Waals surface area contributed by atoms with E-state index in [-0.39, 0.29) is 11.5 Å². The van der Waals surface area contributed by atoms with Crippen LogP contribution in [0.4, 0.5) is 0 Å².